The Morgan fingerprint density at radius 2 is 1.68 bits per heavy atom. The van der Waals surface area contributed by atoms with Crippen LogP contribution in [-0.2, 0) is 20.1 Å². The molecule has 0 spiro atoms. The fraction of sp³-hybridized carbons (Fsp3) is 0.700. The first-order valence-corrected chi connectivity index (χ1v) is 9.61. The van der Waals surface area contributed by atoms with E-state index in [1.807, 2.05) is 0 Å². The summed E-state index contributed by atoms with van der Waals surface area (Å²) < 4.78 is 18.0. The Morgan fingerprint density at radius 3 is 2.32 bits per heavy atom. The maximum atomic E-state index is 6.10. The number of hydrogen-bond acceptors (Lipinski definition) is 4. The van der Waals surface area contributed by atoms with Gasteiger partial charge in [-0.05, 0) is 47.7 Å². The first-order valence-electron chi connectivity index (χ1n) is 9.61. The van der Waals surface area contributed by atoms with E-state index in [-0.39, 0.29) is 17.9 Å². The third kappa shape index (κ3) is 3.89. The van der Waals surface area contributed by atoms with Crippen LogP contribution in [-0.4, -0.2) is 40.0 Å². The van der Waals surface area contributed by atoms with E-state index in [4.69, 9.17) is 14.0 Å². The molecule has 1 saturated heterocycles. The highest BCUT2D eigenvalue weighted by Gasteiger charge is 2.40. The number of benzene rings is 1. The van der Waals surface area contributed by atoms with Crippen molar-refractivity contribution in [2.75, 3.05) is 32.9 Å². The first-order chi connectivity index (χ1) is 11.8. The molecule has 5 heteroatoms. The molecule has 0 aromatic heterocycles. The van der Waals surface area contributed by atoms with Gasteiger partial charge in [-0.15, -0.1) is 0 Å². The van der Waals surface area contributed by atoms with Gasteiger partial charge in [0.25, 0.3) is 0 Å². The Morgan fingerprint density at radius 1 is 1.04 bits per heavy atom. The van der Waals surface area contributed by atoms with Crippen LogP contribution in [0.3, 0.4) is 0 Å². The summed E-state index contributed by atoms with van der Waals surface area (Å²) in [6.07, 6.45) is 2.35. The van der Waals surface area contributed by atoms with Gasteiger partial charge in [-0.1, -0.05) is 33.8 Å². The van der Waals surface area contributed by atoms with Crippen molar-refractivity contribution in [1.82, 2.24) is 5.32 Å². The average molecular weight is 345 g/mol. The highest BCUT2D eigenvalue weighted by Crippen LogP contribution is 2.49. The van der Waals surface area contributed by atoms with Crippen LogP contribution in [0.25, 0.3) is 0 Å². The van der Waals surface area contributed by atoms with Gasteiger partial charge in [0.2, 0.25) is 0 Å². The molecule has 1 aromatic rings. The van der Waals surface area contributed by atoms with E-state index in [1.54, 1.807) is 0 Å². The molecule has 1 N–H and O–H groups in total. The lowest BCUT2D eigenvalue weighted by molar-refractivity contribution is 0.187. The Bertz CT molecular complexity index is 607. The molecular formula is C20H32BNO3. The van der Waals surface area contributed by atoms with Crippen molar-refractivity contribution < 1.29 is 14.0 Å². The van der Waals surface area contributed by atoms with Gasteiger partial charge in [0.15, 0.2) is 0 Å². The molecule has 1 aliphatic heterocycles. The van der Waals surface area contributed by atoms with Crippen molar-refractivity contribution in [1.29, 1.82) is 0 Å². The van der Waals surface area contributed by atoms with Crippen LogP contribution in [0.15, 0.2) is 12.1 Å². The Kier molecular flexibility index (Phi) is 5.47. The molecule has 138 valence electrons. The fourth-order valence-corrected chi connectivity index (χ4v) is 4.00. The van der Waals surface area contributed by atoms with Crippen LogP contribution >= 0.6 is 0 Å². The van der Waals surface area contributed by atoms with Gasteiger partial charge in [0.1, 0.15) is 5.75 Å². The van der Waals surface area contributed by atoms with Gasteiger partial charge in [-0.25, -0.2) is 0 Å². The maximum absolute atomic E-state index is 6.10. The van der Waals surface area contributed by atoms with Crippen LogP contribution in [0.5, 0.6) is 5.75 Å². The lowest BCUT2D eigenvalue weighted by Gasteiger charge is -2.43. The average Bonchev–Trinajstić information content (AvgIpc) is 2.51. The molecule has 1 heterocycles. The molecule has 0 amide bonds. The topological polar surface area (TPSA) is 39.7 Å². The first kappa shape index (κ1) is 18.7. The van der Waals surface area contributed by atoms with Gasteiger partial charge in [-0.3, -0.25) is 0 Å². The molecular weight excluding hydrogens is 313 g/mol. The van der Waals surface area contributed by atoms with Crippen molar-refractivity contribution >= 4 is 12.6 Å². The summed E-state index contributed by atoms with van der Waals surface area (Å²) in [5.74, 6) is 1.00. The van der Waals surface area contributed by atoms with Gasteiger partial charge in [0.05, 0.1) is 6.61 Å². The van der Waals surface area contributed by atoms with E-state index < -0.39 is 0 Å². The summed E-state index contributed by atoms with van der Waals surface area (Å²) in [7, 11) is -0.313. The van der Waals surface area contributed by atoms with Crippen LogP contribution in [0.2, 0.25) is 0 Å². The lowest BCUT2D eigenvalue weighted by atomic mass is 9.61. The summed E-state index contributed by atoms with van der Waals surface area (Å²) in [4.78, 5) is 0. The molecule has 1 aromatic carbocycles. The van der Waals surface area contributed by atoms with Crippen LogP contribution in [0, 0.1) is 0 Å². The molecule has 0 atom stereocenters. The summed E-state index contributed by atoms with van der Waals surface area (Å²) >= 11 is 0. The second-order valence-corrected chi connectivity index (χ2v) is 8.47. The molecule has 0 bridgehead atoms. The van der Waals surface area contributed by atoms with Crippen molar-refractivity contribution in [2.24, 2.45) is 0 Å². The SMILES string of the molecule is CCOc1cc(B2OCCNCCO2)cc2c1C(C)(C)CCC2(C)C. The number of fused-ring (bicyclic) bond motifs is 1. The van der Waals surface area contributed by atoms with E-state index in [0.29, 0.717) is 19.8 Å². The molecule has 3 rings (SSSR count). The van der Waals surface area contributed by atoms with E-state index in [2.05, 4.69) is 52.1 Å². The highest BCUT2D eigenvalue weighted by molar-refractivity contribution is 6.61. The van der Waals surface area contributed by atoms with E-state index in [1.165, 1.54) is 24.0 Å². The second kappa shape index (κ2) is 7.30. The quantitative estimate of drug-likeness (QED) is 0.856. The number of nitrogens with one attached hydrogen (secondary N) is 1. The highest BCUT2D eigenvalue weighted by atomic mass is 16.6. The Hall–Kier alpha value is -1.04. The summed E-state index contributed by atoms with van der Waals surface area (Å²) in [5, 5.41) is 3.29. The molecule has 2 aliphatic rings. The predicted molar refractivity (Wildman–Crippen MR) is 103 cm³/mol. The zero-order valence-electron chi connectivity index (χ0n) is 16.4. The minimum Gasteiger partial charge on any atom is -0.494 e. The van der Waals surface area contributed by atoms with Gasteiger partial charge in [-0.2, -0.15) is 0 Å². The van der Waals surface area contributed by atoms with Crippen molar-refractivity contribution in [3.63, 3.8) is 0 Å². The molecule has 0 radical (unpaired) electrons. The van der Waals surface area contributed by atoms with Crippen LogP contribution in [0.1, 0.15) is 58.6 Å². The molecule has 0 saturated carbocycles. The van der Waals surface area contributed by atoms with Gasteiger partial charge < -0.3 is 19.4 Å². The van der Waals surface area contributed by atoms with E-state index >= 15 is 0 Å². The Balaban J connectivity index is 2.08. The van der Waals surface area contributed by atoms with Gasteiger partial charge >= 0.3 is 7.12 Å². The molecule has 1 fully saturated rings. The second-order valence-electron chi connectivity index (χ2n) is 8.47. The minimum atomic E-state index is -0.313. The monoisotopic (exact) mass is 345 g/mol. The largest absolute Gasteiger partial charge is 0.494 e. The van der Waals surface area contributed by atoms with Crippen molar-refractivity contribution in [3.05, 3.63) is 23.3 Å². The third-order valence-electron chi connectivity index (χ3n) is 5.57. The van der Waals surface area contributed by atoms with Crippen molar-refractivity contribution in [3.8, 4) is 5.75 Å². The molecule has 0 unspecified atom stereocenters. The summed E-state index contributed by atoms with van der Waals surface area (Å²) in [6.45, 7) is 15.1. The van der Waals surface area contributed by atoms with E-state index in [0.717, 1.165) is 24.3 Å². The number of hydrogen-bond donors (Lipinski definition) is 1. The van der Waals surface area contributed by atoms with Crippen LogP contribution < -0.4 is 15.5 Å². The number of ether oxygens (including phenoxy) is 1. The summed E-state index contributed by atoms with van der Waals surface area (Å²) in [5.41, 5.74) is 4.09. The molecule has 1 aliphatic carbocycles. The normalized spacial score (nSPS) is 22.7. The smallest absolute Gasteiger partial charge is 0.494 e. The zero-order valence-corrected chi connectivity index (χ0v) is 16.4. The zero-order chi connectivity index (χ0) is 18.1. The molecule has 25 heavy (non-hydrogen) atoms. The lowest BCUT2D eigenvalue weighted by Crippen LogP contribution is -2.44. The van der Waals surface area contributed by atoms with Crippen molar-refractivity contribution in [2.45, 2.75) is 58.3 Å². The third-order valence-corrected chi connectivity index (χ3v) is 5.57. The minimum absolute atomic E-state index is 0.125. The molecule has 4 nitrogen and oxygen atoms in total. The van der Waals surface area contributed by atoms with Crippen LogP contribution in [0.4, 0.5) is 0 Å². The Labute approximate surface area is 152 Å². The predicted octanol–water partition coefficient (Wildman–Crippen LogP) is 2.77. The van der Waals surface area contributed by atoms with Gasteiger partial charge in [0, 0.05) is 31.9 Å². The summed E-state index contributed by atoms with van der Waals surface area (Å²) in [6, 6.07) is 4.45. The standard InChI is InChI=1S/C20H32BNO3/c1-6-23-17-14-15(21-24-11-9-22-10-12-25-21)13-16-18(17)20(4,5)8-7-19(16,2)3/h13-14,22H,6-12H2,1-5H3. The van der Waals surface area contributed by atoms with E-state index in [9.17, 15) is 0 Å². The maximum Gasteiger partial charge on any atom is 0.494 e. The fourth-order valence-electron chi connectivity index (χ4n) is 4.00. The number of rotatable bonds is 3.